The van der Waals surface area contributed by atoms with E-state index in [4.69, 9.17) is 4.98 Å². The first-order valence-electron chi connectivity index (χ1n) is 11.4. The van der Waals surface area contributed by atoms with E-state index in [1.807, 2.05) is 19.9 Å². The van der Waals surface area contributed by atoms with E-state index in [0.717, 1.165) is 27.1 Å². The van der Waals surface area contributed by atoms with Crippen molar-refractivity contribution in [2.45, 2.75) is 38.0 Å². The van der Waals surface area contributed by atoms with E-state index in [-0.39, 0.29) is 17.5 Å². The molecule has 1 aliphatic carbocycles. The maximum Gasteiger partial charge on any atom is 0.237 e. The van der Waals surface area contributed by atoms with Gasteiger partial charge in [0, 0.05) is 33.3 Å². The Hall–Kier alpha value is -3.77. The van der Waals surface area contributed by atoms with Gasteiger partial charge >= 0.3 is 0 Å². The zero-order chi connectivity index (χ0) is 24.9. The molecule has 0 fully saturated rings. The number of nitrogens with zero attached hydrogens (tertiary/aromatic N) is 1. The second-order valence-corrected chi connectivity index (χ2v) is 10.3. The Morgan fingerprint density at radius 2 is 1.49 bits per heavy atom. The third kappa shape index (κ3) is 4.15. The van der Waals surface area contributed by atoms with E-state index in [1.165, 1.54) is 17.3 Å². The summed E-state index contributed by atoms with van der Waals surface area (Å²) in [5.74, 6) is -0.597. The lowest BCUT2D eigenvalue weighted by atomic mass is 9.84. The van der Waals surface area contributed by atoms with Gasteiger partial charge in [0.05, 0.1) is 15.8 Å². The van der Waals surface area contributed by atoms with Crippen molar-refractivity contribution in [2.75, 3.05) is 5.32 Å². The second kappa shape index (κ2) is 8.78. The molecule has 0 aliphatic heterocycles. The Labute approximate surface area is 208 Å². The highest BCUT2D eigenvalue weighted by Crippen LogP contribution is 2.31. The topological polar surface area (TPSA) is 76.1 Å². The summed E-state index contributed by atoms with van der Waals surface area (Å²) in [5.41, 5.74) is 6.32. The monoisotopic (exact) mass is 480 g/mol. The van der Waals surface area contributed by atoms with Crippen molar-refractivity contribution in [2.24, 2.45) is 0 Å². The van der Waals surface area contributed by atoms with Crippen LogP contribution in [0.25, 0.3) is 10.9 Å². The molecular formula is C29H24N2O3S. The first-order chi connectivity index (χ1) is 16.7. The number of hydrogen-bond acceptors (Lipinski definition) is 5. The highest BCUT2D eigenvalue weighted by molar-refractivity contribution is 8.00. The summed E-state index contributed by atoms with van der Waals surface area (Å²) in [5, 5.41) is 4.38. The number of carbonyl (C=O) groups is 3. The zero-order valence-electron chi connectivity index (χ0n) is 19.9. The van der Waals surface area contributed by atoms with Crippen LogP contribution in [0.5, 0.6) is 0 Å². The number of nitrogens with one attached hydrogen (secondary N) is 1. The molecule has 6 heteroatoms. The van der Waals surface area contributed by atoms with Crippen LogP contribution in [-0.4, -0.2) is 27.7 Å². The molecule has 35 heavy (non-hydrogen) atoms. The van der Waals surface area contributed by atoms with Gasteiger partial charge in [-0.1, -0.05) is 47.7 Å². The quantitative estimate of drug-likeness (QED) is 0.317. The number of fused-ring (bicyclic) bond motifs is 3. The Morgan fingerprint density at radius 1 is 0.829 bits per heavy atom. The molecule has 1 amide bonds. The fourth-order valence-corrected chi connectivity index (χ4v) is 5.45. The van der Waals surface area contributed by atoms with Crippen molar-refractivity contribution in [3.8, 4) is 0 Å². The summed E-state index contributed by atoms with van der Waals surface area (Å²) in [7, 11) is 0. The summed E-state index contributed by atoms with van der Waals surface area (Å²) < 4.78 is 0. The molecule has 0 saturated heterocycles. The molecule has 0 spiro atoms. The minimum absolute atomic E-state index is 0.180. The lowest BCUT2D eigenvalue weighted by Gasteiger charge is -2.19. The van der Waals surface area contributed by atoms with Crippen molar-refractivity contribution in [3.63, 3.8) is 0 Å². The van der Waals surface area contributed by atoms with E-state index in [9.17, 15) is 14.4 Å². The number of thioether (sulfide) groups is 1. The van der Waals surface area contributed by atoms with E-state index in [2.05, 4.69) is 31.3 Å². The fraction of sp³-hybridized carbons (Fsp3) is 0.172. The van der Waals surface area contributed by atoms with E-state index in [0.29, 0.717) is 27.9 Å². The summed E-state index contributed by atoms with van der Waals surface area (Å²) in [6.07, 6.45) is 0. The number of hydrogen-bond donors (Lipinski definition) is 1. The smallest absolute Gasteiger partial charge is 0.237 e. The first-order valence-corrected chi connectivity index (χ1v) is 12.3. The molecule has 1 atom stereocenters. The number of rotatable bonds is 4. The Morgan fingerprint density at radius 3 is 2.20 bits per heavy atom. The molecule has 1 aliphatic rings. The van der Waals surface area contributed by atoms with E-state index in [1.54, 1.807) is 42.5 Å². The molecule has 1 aromatic heterocycles. The largest absolute Gasteiger partial charge is 0.325 e. The molecular weight excluding hydrogens is 456 g/mol. The number of pyridine rings is 1. The molecule has 1 N–H and O–H groups in total. The van der Waals surface area contributed by atoms with E-state index >= 15 is 0 Å². The molecule has 0 unspecified atom stereocenters. The van der Waals surface area contributed by atoms with Gasteiger partial charge in [0.1, 0.15) is 0 Å². The first kappa shape index (κ1) is 23.0. The standard InChI is InChI=1S/C29H24N2O3S/c1-15-11-17(3)26-23(12-15)16(2)13-25(31-26)35-18(4)29(34)30-19-9-10-22-24(14-19)28(33)21-8-6-5-7-20(21)27(22)32/h5-14,18H,1-4H3,(H,30,34)/t18-/m1/s1. The van der Waals surface area contributed by atoms with Gasteiger partial charge in [-0.25, -0.2) is 4.98 Å². The minimum Gasteiger partial charge on any atom is -0.325 e. The lowest BCUT2D eigenvalue weighted by molar-refractivity contribution is -0.115. The van der Waals surface area contributed by atoms with Gasteiger partial charge in [0.25, 0.3) is 0 Å². The van der Waals surface area contributed by atoms with Gasteiger partial charge in [-0.05, 0) is 69.2 Å². The van der Waals surface area contributed by atoms with Crippen LogP contribution in [-0.2, 0) is 4.79 Å². The second-order valence-electron chi connectivity index (χ2n) is 8.97. The minimum atomic E-state index is -0.417. The molecule has 0 saturated carbocycles. The highest BCUT2D eigenvalue weighted by atomic mass is 32.2. The van der Waals surface area contributed by atoms with E-state index < -0.39 is 5.25 Å². The third-order valence-corrected chi connectivity index (χ3v) is 7.31. The zero-order valence-corrected chi connectivity index (χ0v) is 20.7. The van der Waals surface area contributed by atoms with Gasteiger partial charge in [-0.15, -0.1) is 0 Å². The molecule has 174 valence electrons. The van der Waals surface area contributed by atoms with Crippen LogP contribution in [0.3, 0.4) is 0 Å². The lowest BCUT2D eigenvalue weighted by Crippen LogP contribution is -2.24. The maximum atomic E-state index is 13.0. The van der Waals surface area contributed by atoms with Crippen LogP contribution >= 0.6 is 11.8 Å². The SMILES string of the molecule is Cc1cc(C)c2nc(S[C@H](C)C(=O)Nc3ccc4c(c3)C(=O)c3ccccc3C4=O)cc(C)c2c1. The van der Waals surface area contributed by atoms with Crippen molar-refractivity contribution >= 4 is 45.8 Å². The van der Waals surface area contributed by atoms with Crippen LogP contribution in [0, 0.1) is 20.8 Å². The summed E-state index contributed by atoms with van der Waals surface area (Å²) in [6, 6.07) is 17.9. The van der Waals surface area contributed by atoms with Crippen molar-refractivity contribution in [3.05, 3.63) is 99.6 Å². The number of aryl methyl sites for hydroxylation is 3. The van der Waals surface area contributed by atoms with Crippen molar-refractivity contribution < 1.29 is 14.4 Å². The number of anilines is 1. The van der Waals surface area contributed by atoms with Crippen LogP contribution in [0.15, 0.2) is 65.7 Å². The molecule has 5 rings (SSSR count). The third-order valence-electron chi connectivity index (χ3n) is 6.29. The maximum absolute atomic E-state index is 13.0. The molecule has 3 aromatic carbocycles. The van der Waals surface area contributed by atoms with Crippen molar-refractivity contribution in [1.29, 1.82) is 0 Å². The number of benzene rings is 3. The number of ketones is 2. The van der Waals surface area contributed by atoms with Crippen LogP contribution in [0.1, 0.15) is 55.5 Å². The Kier molecular flexibility index (Phi) is 5.77. The Balaban J connectivity index is 1.36. The van der Waals surface area contributed by atoms with Gasteiger partial charge < -0.3 is 5.32 Å². The summed E-state index contributed by atoms with van der Waals surface area (Å²) in [6.45, 7) is 8.00. The van der Waals surface area contributed by atoms with Gasteiger partial charge in [0.2, 0.25) is 5.91 Å². The molecule has 1 heterocycles. The van der Waals surface area contributed by atoms with Crippen LogP contribution in [0.4, 0.5) is 5.69 Å². The number of carbonyl (C=O) groups excluding carboxylic acids is 3. The fourth-order valence-electron chi connectivity index (χ4n) is 4.53. The van der Waals surface area contributed by atoms with Gasteiger partial charge in [-0.3, -0.25) is 14.4 Å². The van der Waals surface area contributed by atoms with Gasteiger partial charge in [0.15, 0.2) is 11.6 Å². The van der Waals surface area contributed by atoms with Crippen molar-refractivity contribution in [1.82, 2.24) is 4.98 Å². The predicted octanol–water partition coefficient (Wildman–Crippen LogP) is 6.05. The number of aromatic nitrogens is 1. The molecule has 0 radical (unpaired) electrons. The average Bonchev–Trinajstić information content (AvgIpc) is 2.83. The summed E-state index contributed by atoms with van der Waals surface area (Å²) in [4.78, 5) is 43.6. The normalized spacial score (nSPS) is 13.4. The van der Waals surface area contributed by atoms with Gasteiger partial charge in [-0.2, -0.15) is 0 Å². The highest BCUT2D eigenvalue weighted by Gasteiger charge is 2.29. The Bertz CT molecular complexity index is 1560. The summed E-state index contributed by atoms with van der Waals surface area (Å²) >= 11 is 1.39. The van der Waals surface area contributed by atoms with Crippen LogP contribution < -0.4 is 5.32 Å². The predicted molar refractivity (Wildman–Crippen MR) is 140 cm³/mol. The number of amides is 1. The molecule has 4 aromatic rings. The molecule has 0 bridgehead atoms. The average molecular weight is 481 g/mol. The molecule has 5 nitrogen and oxygen atoms in total. The van der Waals surface area contributed by atoms with Crippen LogP contribution in [0.2, 0.25) is 0 Å².